The Kier molecular flexibility index (Phi) is 8.55. The number of carbonyl (C=O) groups is 2. The number of rotatable bonds is 8. The van der Waals surface area contributed by atoms with Crippen LogP contribution in [0.2, 0.25) is 0 Å². The summed E-state index contributed by atoms with van der Waals surface area (Å²) in [6.45, 7) is 12.2. The second-order valence-electron chi connectivity index (χ2n) is 5.95. The van der Waals surface area contributed by atoms with E-state index < -0.39 is 12.2 Å². The van der Waals surface area contributed by atoms with E-state index in [9.17, 15) is 9.59 Å². The summed E-state index contributed by atoms with van der Waals surface area (Å²) in [6, 6.07) is 0.0573. The molecule has 1 aliphatic heterocycles. The highest BCUT2D eigenvalue weighted by Crippen LogP contribution is 2.18. The van der Waals surface area contributed by atoms with Crippen LogP contribution in [0.15, 0.2) is 0 Å². The van der Waals surface area contributed by atoms with Crippen LogP contribution in [0.1, 0.15) is 47.5 Å². The lowest BCUT2D eigenvalue weighted by molar-refractivity contribution is -0.154. The second-order valence-corrected chi connectivity index (χ2v) is 5.95. The van der Waals surface area contributed by atoms with E-state index in [0.717, 1.165) is 12.8 Å². The van der Waals surface area contributed by atoms with Gasteiger partial charge in [-0.3, -0.25) is 9.59 Å². The molecule has 1 rings (SSSR count). The van der Waals surface area contributed by atoms with Crippen molar-refractivity contribution in [2.75, 3.05) is 32.8 Å². The normalized spacial score (nSPS) is 21.2. The molecular formula is C17H32N2O4. The molecule has 2 amide bonds. The van der Waals surface area contributed by atoms with Crippen molar-refractivity contribution in [2.24, 2.45) is 0 Å². The van der Waals surface area contributed by atoms with Crippen molar-refractivity contribution in [3.8, 4) is 0 Å². The maximum absolute atomic E-state index is 12.6. The van der Waals surface area contributed by atoms with Crippen LogP contribution in [0.5, 0.6) is 0 Å². The van der Waals surface area contributed by atoms with Gasteiger partial charge in [-0.25, -0.2) is 0 Å². The molecule has 0 radical (unpaired) electrons. The number of amides is 2. The molecule has 0 saturated carbocycles. The van der Waals surface area contributed by atoms with Gasteiger partial charge in [-0.15, -0.1) is 0 Å². The van der Waals surface area contributed by atoms with Gasteiger partial charge in [0.15, 0.2) is 0 Å². The van der Waals surface area contributed by atoms with Gasteiger partial charge in [0.2, 0.25) is 0 Å². The van der Waals surface area contributed by atoms with Gasteiger partial charge in [-0.2, -0.15) is 0 Å². The average molecular weight is 328 g/mol. The van der Waals surface area contributed by atoms with Crippen LogP contribution in [0.3, 0.4) is 0 Å². The third-order valence-electron chi connectivity index (χ3n) is 4.23. The maximum atomic E-state index is 12.6. The van der Waals surface area contributed by atoms with Crippen molar-refractivity contribution in [1.29, 1.82) is 0 Å². The zero-order chi connectivity index (χ0) is 17.4. The van der Waals surface area contributed by atoms with E-state index in [1.165, 1.54) is 0 Å². The minimum absolute atomic E-state index is 0.0120. The summed E-state index contributed by atoms with van der Waals surface area (Å²) in [5.41, 5.74) is 0. The molecule has 0 aromatic rings. The van der Waals surface area contributed by atoms with Crippen molar-refractivity contribution in [2.45, 2.75) is 65.7 Å². The Morgan fingerprint density at radius 1 is 1.00 bits per heavy atom. The van der Waals surface area contributed by atoms with Crippen LogP contribution >= 0.6 is 0 Å². The summed E-state index contributed by atoms with van der Waals surface area (Å²) >= 11 is 0. The van der Waals surface area contributed by atoms with Gasteiger partial charge in [-0.05, 0) is 34.1 Å². The molecule has 1 saturated heterocycles. The molecule has 3 unspecified atom stereocenters. The number of nitrogens with zero attached hydrogens (tertiary/aromatic N) is 2. The van der Waals surface area contributed by atoms with Gasteiger partial charge >= 0.3 is 0 Å². The fourth-order valence-electron chi connectivity index (χ4n) is 3.06. The molecule has 1 aliphatic rings. The Bertz CT molecular complexity index is 389. The largest absolute Gasteiger partial charge is 0.369 e. The summed E-state index contributed by atoms with van der Waals surface area (Å²) in [4.78, 5) is 28.7. The quantitative estimate of drug-likeness (QED) is 0.680. The predicted molar refractivity (Wildman–Crippen MR) is 89.2 cm³/mol. The SMILES string of the molecule is CCCC1CN(C(=O)C(C)OCC)CCN1C(=O)C(C)OCC. The van der Waals surface area contributed by atoms with Crippen molar-refractivity contribution in [3.05, 3.63) is 0 Å². The molecule has 134 valence electrons. The summed E-state index contributed by atoms with van der Waals surface area (Å²) in [5, 5.41) is 0. The van der Waals surface area contributed by atoms with E-state index in [-0.39, 0.29) is 17.9 Å². The molecule has 0 aromatic heterocycles. The Morgan fingerprint density at radius 2 is 1.57 bits per heavy atom. The fraction of sp³-hybridized carbons (Fsp3) is 0.882. The zero-order valence-corrected chi connectivity index (χ0v) is 15.2. The highest BCUT2D eigenvalue weighted by molar-refractivity contribution is 5.83. The molecule has 6 nitrogen and oxygen atoms in total. The van der Waals surface area contributed by atoms with Gasteiger partial charge < -0.3 is 19.3 Å². The highest BCUT2D eigenvalue weighted by Gasteiger charge is 2.35. The first-order chi connectivity index (χ1) is 11.0. The van der Waals surface area contributed by atoms with E-state index in [1.54, 1.807) is 13.8 Å². The molecule has 3 atom stereocenters. The van der Waals surface area contributed by atoms with Crippen LogP contribution in [0.4, 0.5) is 0 Å². The highest BCUT2D eigenvalue weighted by atomic mass is 16.5. The maximum Gasteiger partial charge on any atom is 0.251 e. The van der Waals surface area contributed by atoms with Gasteiger partial charge in [0.25, 0.3) is 11.8 Å². The zero-order valence-electron chi connectivity index (χ0n) is 15.2. The molecule has 0 spiro atoms. The molecule has 1 fully saturated rings. The minimum atomic E-state index is -0.427. The predicted octanol–water partition coefficient (Wildman–Crippen LogP) is 1.68. The van der Waals surface area contributed by atoms with E-state index >= 15 is 0 Å². The Labute approximate surface area is 140 Å². The molecule has 0 bridgehead atoms. The summed E-state index contributed by atoms with van der Waals surface area (Å²) in [7, 11) is 0. The molecule has 1 heterocycles. The van der Waals surface area contributed by atoms with Crippen LogP contribution in [0, 0.1) is 0 Å². The van der Waals surface area contributed by atoms with Crippen molar-refractivity contribution < 1.29 is 19.1 Å². The molecule has 0 N–H and O–H groups in total. The topological polar surface area (TPSA) is 59.1 Å². The molecule has 0 aliphatic carbocycles. The van der Waals surface area contributed by atoms with Crippen molar-refractivity contribution in [3.63, 3.8) is 0 Å². The first-order valence-corrected chi connectivity index (χ1v) is 8.78. The van der Waals surface area contributed by atoms with Crippen LogP contribution in [-0.2, 0) is 19.1 Å². The summed E-state index contributed by atoms with van der Waals surface area (Å²) in [5.74, 6) is 0.0353. The number of piperazine rings is 1. The smallest absolute Gasteiger partial charge is 0.251 e. The lowest BCUT2D eigenvalue weighted by Crippen LogP contribution is -2.59. The second kappa shape index (κ2) is 9.88. The van der Waals surface area contributed by atoms with Gasteiger partial charge in [0.1, 0.15) is 12.2 Å². The third-order valence-corrected chi connectivity index (χ3v) is 4.23. The Morgan fingerprint density at radius 3 is 2.09 bits per heavy atom. The summed E-state index contributed by atoms with van der Waals surface area (Å²) < 4.78 is 10.8. The minimum Gasteiger partial charge on any atom is -0.369 e. The fourth-order valence-corrected chi connectivity index (χ4v) is 3.06. The van der Waals surface area contributed by atoms with Gasteiger partial charge in [0, 0.05) is 38.9 Å². The van der Waals surface area contributed by atoms with E-state index in [2.05, 4.69) is 6.92 Å². The third kappa shape index (κ3) is 5.46. The lowest BCUT2D eigenvalue weighted by atomic mass is 10.0. The molecular weight excluding hydrogens is 296 g/mol. The van der Waals surface area contributed by atoms with Crippen LogP contribution in [0.25, 0.3) is 0 Å². The standard InChI is InChI=1S/C17H32N2O4/c1-6-9-15-12-18(16(20)13(4)22-7-2)10-11-19(15)17(21)14(5)23-8-3/h13-15H,6-12H2,1-5H3. The molecule has 6 heteroatoms. The Balaban J connectivity index is 2.73. The first-order valence-electron chi connectivity index (χ1n) is 8.78. The molecule has 23 heavy (non-hydrogen) atoms. The monoisotopic (exact) mass is 328 g/mol. The van der Waals surface area contributed by atoms with Gasteiger partial charge in [0.05, 0.1) is 0 Å². The van der Waals surface area contributed by atoms with E-state index in [1.807, 2.05) is 23.6 Å². The number of hydrogen-bond donors (Lipinski definition) is 0. The summed E-state index contributed by atoms with van der Waals surface area (Å²) in [6.07, 6.45) is 1.01. The average Bonchev–Trinajstić information content (AvgIpc) is 2.54. The van der Waals surface area contributed by atoms with Crippen molar-refractivity contribution in [1.82, 2.24) is 9.80 Å². The molecule has 0 aromatic carbocycles. The van der Waals surface area contributed by atoms with E-state index in [4.69, 9.17) is 9.47 Å². The number of carbonyl (C=O) groups excluding carboxylic acids is 2. The number of ether oxygens (including phenoxy) is 2. The van der Waals surface area contributed by atoms with Crippen LogP contribution < -0.4 is 0 Å². The van der Waals surface area contributed by atoms with Crippen molar-refractivity contribution >= 4 is 11.8 Å². The number of hydrogen-bond acceptors (Lipinski definition) is 4. The van der Waals surface area contributed by atoms with Crippen LogP contribution in [-0.4, -0.2) is 72.7 Å². The Hall–Kier alpha value is -1.14. The lowest BCUT2D eigenvalue weighted by Gasteiger charge is -2.43. The van der Waals surface area contributed by atoms with Gasteiger partial charge in [-0.1, -0.05) is 13.3 Å². The van der Waals surface area contributed by atoms with E-state index in [0.29, 0.717) is 32.8 Å². The first kappa shape index (κ1) is 19.9.